The molecule has 0 saturated heterocycles. The van der Waals surface area contributed by atoms with Gasteiger partial charge in [-0.3, -0.25) is 0 Å². The van der Waals surface area contributed by atoms with Crippen LogP contribution in [0.1, 0.15) is 16.8 Å². The van der Waals surface area contributed by atoms with Crippen LogP contribution in [0.2, 0.25) is 0 Å². The van der Waals surface area contributed by atoms with Crippen molar-refractivity contribution in [2.45, 2.75) is 24.7 Å². The SMILES string of the molecule is O=C(O)C1=C[C@@H](OC(=O)c2cc(O)c(O)c(O)c2)[C@H](O)[C@H](O)C1. The number of phenolic OH excluding ortho intramolecular Hbond substituents is 3. The minimum Gasteiger partial charge on any atom is -0.504 e. The molecule has 1 aliphatic rings. The first kappa shape index (κ1) is 16.6. The van der Waals surface area contributed by atoms with Crippen molar-refractivity contribution < 1.29 is 45.0 Å². The Kier molecular flexibility index (Phi) is 4.43. The Bertz CT molecular complexity index is 656. The van der Waals surface area contributed by atoms with Crippen molar-refractivity contribution in [3.8, 4) is 17.2 Å². The van der Waals surface area contributed by atoms with Crippen molar-refractivity contribution in [3.05, 3.63) is 29.3 Å². The van der Waals surface area contributed by atoms with E-state index in [0.29, 0.717) is 0 Å². The standard InChI is InChI=1S/C14H14O9/c15-7-2-6(3-8(16)11(7)18)14(22)23-10-4-5(13(20)21)1-9(17)12(10)19/h2-4,9-10,12,15-19H,1H2,(H,20,21)/t9-,10-,12-/m1/s1. The normalized spacial score (nSPS) is 23.9. The number of carbonyl (C=O) groups excluding carboxylic acids is 1. The molecule has 0 heterocycles. The molecule has 0 radical (unpaired) electrons. The quantitative estimate of drug-likeness (QED) is 0.316. The van der Waals surface area contributed by atoms with Gasteiger partial charge in [-0.2, -0.15) is 0 Å². The molecule has 1 aromatic rings. The van der Waals surface area contributed by atoms with Crippen LogP contribution in [0.15, 0.2) is 23.8 Å². The van der Waals surface area contributed by atoms with Gasteiger partial charge >= 0.3 is 11.9 Å². The first-order chi connectivity index (χ1) is 10.7. The highest BCUT2D eigenvalue weighted by Crippen LogP contribution is 2.35. The molecule has 3 atom stereocenters. The summed E-state index contributed by atoms with van der Waals surface area (Å²) >= 11 is 0. The van der Waals surface area contributed by atoms with Gasteiger partial charge in [0.15, 0.2) is 17.2 Å². The molecule has 0 fully saturated rings. The number of aliphatic hydroxyl groups is 2. The Balaban J connectivity index is 2.25. The number of phenols is 3. The maximum absolute atomic E-state index is 12.0. The van der Waals surface area contributed by atoms with Crippen LogP contribution >= 0.6 is 0 Å². The number of ether oxygens (including phenoxy) is 1. The summed E-state index contributed by atoms with van der Waals surface area (Å²) in [4.78, 5) is 22.9. The number of esters is 1. The topological polar surface area (TPSA) is 165 Å². The number of aliphatic carboxylic acids is 1. The van der Waals surface area contributed by atoms with E-state index in [1.807, 2.05) is 0 Å². The predicted molar refractivity (Wildman–Crippen MR) is 73.0 cm³/mol. The van der Waals surface area contributed by atoms with Gasteiger partial charge in [0.1, 0.15) is 12.2 Å². The Labute approximate surface area is 129 Å². The molecule has 9 heteroatoms. The Morgan fingerprint density at radius 3 is 2.17 bits per heavy atom. The zero-order valence-corrected chi connectivity index (χ0v) is 11.6. The van der Waals surface area contributed by atoms with Gasteiger partial charge < -0.3 is 35.4 Å². The lowest BCUT2D eigenvalue weighted by Gasteiger charge is -2.29. The van der Waals surface area contributed by atoms with Gasteiger partial charge in [0, 0.05) is 12.0 Å². The number of hydrogen-bond acceptors (Lipinski definition) is 8. The molecule has 2 rings (SSSR count). The largest absolute Gasteiger partial charge is 0.504 e. The average molecular weight is 326 g/mol. The van der Waals surface area contributed by atoms with Gasteiger partial charge in [-0.25, -0.2) is 9.59 Å². The van der Waals surface area contributed by atoms with Crippen LogP contribution in [-0.2, 0) is 9.53 Å². The second-order valence-electron chi connectivity index (χ2n) is 4.99. The summed E-state index contributed by atoms with van der Waals surface area (Å²) in [7, 11) is 0. The molecule has 124 valence electrons. The summed E-state index contributed by atoms with van der Waals surface area (Å²) in [5, 5.41) is 56.2. The molecule has 9 nitrogen and oxygen atoms in total. The van der Waals surface area contributed by atoms with E-state index in [1.165, 1.54) is 0 Å². The molecule has 1 aromatic carbocycles. The van der Waals surface area contributed by atoms with E-state index in [-0.39, 0.29) is 17.6 Å². The number of rotatable bonds is 3. The summed E-state index contributed by atoms with van der Waals surface area (Å²) < 4.78 is 4.90. The summed E-state index contributed by atoms with van der Waals surface area (Å²) in [5.74, 6) is -4.76. The number of carbonyl (C=O) groups is 2. The van der Waals surface area contributed by atoms with E-state index < -0.39 is 47.5 Å². The fraction of sp³-hybridized carbons (Fsp3) is 0.286. The molecule has 1 aliphatic carbocycles. The highest BCUT2D eigenvalue weighted by molar-refractivity contribution is 5.91. The van der Waals surface area contributed by atoms with Gasteiger partial charge in [0.2, 0.25) is 0 Å². The fourth-order valence-corrected chi connectivity index (χ4v) is 2.11. The van der Waals surface area contributed by atoms with Crippen molar-refractivity contribution in [1.82, 2.24) is 0 Å². The van der Waals surface area contributed by atoms with E-state index in [0.717, 1.165) is 18.2 Å². The molecular weight excluding hydrogens is 312 g/mol. The van der Waals surface area contributed by atoms with Crippen molar-refractivity contribution in [2.75, 3.05) is 0 Å². The first-order valence-corrected chi connectivity index (χ1v) is 6.46. The average Bonchev–Trinajstić information content (AvgIpc) is 2.48. The third kappa shape index (κ3) is 3.35. The molecule has 6 N–H and O–H groups in total. The Morgan fingerprint density at radius 1 is 1.09 bits per heavy atom. The monoisotopic (exact) mass is 326 g/mol. The highest BCUT2D eigenvalue weighted by atomic mass is 16.6. The molecule has 0 aliphatic heterocycles. The lowest BCUT2D eigenvalue weighted by Crippen LogP contribution is -2.43. The predicted octanol–water partition coefficient (Wildman–Crippen LogP) is -0.535. The molecule has 0 unspecified atom stereocenters. The van der Waals surface area contributed by atoms with E-state index in [9.17, 15) is 35.1 Å². The molecule has 0 amide bonds. The van der Waals surface area contributed by atoms with E-state index >= 15 is 0 Å². The minimum absolute atomic E-state index is 0.225. The van der Waals surface area contributed by atoms with Gasteiger partial charge in [-0.05, 0) is 18.2 Å². The van der Waals surface area contributed by atoms with Crippen molar-refractivity contribution in [2.24, 2.45) is 0 Å². The van der Waals surface area contributed by atoms with Gasteiger partial charge in [0.25, 0.3) is 0 Å². The van der Waals surface area contributed by atoms with Gasteiger partial charge in [-0.15, -0.1) is 0 Å². The summed E-state index contributed by atoms with van der Waals surface area (Å²) in [5.41, 5.74) is -0.563. The Morgan fingerprint density at radius 2 is 1.65 bits per heavy atom. The number of aliphatic hydroxyl groups excluding tert-OH is 2. The van der Waals surface area contributed by atoms with E-state index in [1.54, 1.807) is 0 Å². The van der Waals surface area contributed by atoms with Crippen molar-refractivity contribution >= 4 is 11.9 Å². The molecular formula is C14H14O9. The van der Waals surface area contributed by atoms with Crippen LogP contribution in [-0.4, -0.2) is 60.9 Å². The minimum atomic E-state index is -1.53. The highest BCUT2D eigenvalue weighted by Gasteiger charge is 2.35. The molecule has 23 heavy (non-hydrogen) atoms. The maximum Gasteiger partial charge on any atom is 0.339 e. The molecule has 0 aromatic heterocycles. The van der Waals surface area contributed by atoms with Crippen molar-refractivity contribution in [1.29, 1.82) is 0 Å². The van der Waals surface area contributed by atoms with Crippen LogP contribution in [0.5, 0.6) is 17.2 Å². The summed E-state index contributed by atoms with van der Waals surface area (Å²) in [6, 6.07) is 1.65. The first-order valence-electron chi connectivity index (χ1n) is 6.46. The lowest BCUT2D eigenvalue weighted by molar-refractivity contribution is -0.134. The van der Waals surface area contributed by atoms with Crippen molar-refractivity contribution in [3.63, 3.8) is 0 Å². The number of aromatic hydroxyl groups is 3. The summed E-state index contributed by atoms with van der Waals surface area (Å²) in [6.07, 6.45) is -3.68. The van der Waals surface area contributed by atoms with Crippen LogP contribution in [0, 0.1) is 0 Å². The zero-order chi connectivity index (χ0) is 17.3. The number of carboxylic acids is 1. The van der Waals surface area contributed by atoms with Crippen LogP contribution < -0.4 is 0 Å². The van der Waals surface area contributed by atoms with Gasteiger partial charge in [0.05, 0.1) is 11.7 Å². The second-order valence-corrected chi connectivity index (χ2v) is 4.99. The maximum atomic E-state index is 12.0. The van der Waals surface area contributed by atoms with E-state index in [2.05, 4.69) is 0 Å². The molecule has 0 spiro atoms. The number of carboxylic acid groups (broad SMARTS) is 1. The van der Waals surface area contributed by atoms with E-state index in [4.69, 9.17) is 9.84 Å². The number of hydrogen-bond donors (Lipinski definition) is 6. The second kappa shape index (κ2) is 6.15. The van der Waals surface area contributed by atoms with Gasteiger partial charge in [-0.1, -0.05) is 0 Å². The molecule has 0 bridgehead atoms. The van der Waals surface area contributed by atoms with Crippen LogP contribution in [0.4, 0.5) is 0 Å². The Hall–Kier alpha value is -2.78. The smallest absolute Gasteiger partial charge is 0.339 e. The zero-order valence-electron chi connectivity index (χ0n) is 11.6. The summed E-state index contributed by atoms with van der Waals surface area (Å²) in [6.45, 7) is 0. The third-order valence-corrected chi connectivity index (χ3v) is 3.35. The molecule has 0 saturated carbocycles. The third-order valence-electron chi connectivity index (χ3n) is 3.35. The lowest BCUT2D eigenvalue weighted by atomic mass is 9.92. The van der Waals surface area contributed by atoms with Crippen LogP contribution in [0.3, 0.4) is 0 Å². The van der Waals surface area contributed by atoms with Crippen LogP contribution in [0.25, 0.3) is 0 Å². The number of benzene rings is 1. The fourth-order valence-electron chi connectivity index (χ4n) is 2.11.